The predicted molar refractivity (Wildman–Crippen MR) is 75.9 cm³/mol. The van der Waals surface area contributed by atoms with E-state index in [-0.39, 0.29) is 6.10 Å². The molecular formula is C16H24O3. The number of ether oxygens (including phenoxy) is 2. The lowest BCUT2D eigenvalue weighted by atomic mass is 9.91. The van der Waals surface area contributed by atoms with Gasteiger partial charge in [0, 0.05) is 5.56 Å². The Labute approximate surface area is 115 Å². The summed E-state index contributed by atoms with van der Waals surface area (Å²) in [4.78, 5) is 0. The Morgan fingerprint density at radius 1 is 1.00 bits per heavy atom. The lowest BCUT2D eigenvalue weighted by molar-refractivity contribution is 0.161. The van der Waals surface area contributed by atoms with E-state index >= 15 is 0 Å². The van der Waals surface area contributed by atoms with Gasteiger partial charge in [0.15, 0.2) is 11.5 Å². The summed E-state index contributed by atoms with van der Waals surface area (Å²) in [7, 11) is 3.32. The molecule has 0 aliphatic heterocycles. The summed E-state index contributed by atoms with van der Waals surface area (Å²) in [6, 6.07) is 3.88. The van der Waals surface area contributed by atoms with E-state index in [4.69, 9.17) is 9.47 Å². The molecule has 1 unspecified atom stereocenters. The lowest BCUT2D eigenvalue weighted by Crippen LogP contribution is -2.07. The maximum absolute atomic E-state index is 10.4. The van der Waals surface area contributed by atoms with Gasteiger partial charge in [-0.1, -0.05) is 31.7 Å². The molecule has 0 bridgehead atoms. The number of benzene rings is 1. The first-order chi connectivity index (χ1) is 9.27. The second-order valence-corrected chi connectivity index (χ2v) is 5.19. The Bertz CT molecular complexity index is 415. The zero-order valence-corrected chi connectivity index (χ0v) is 11.9. The zero-order valence-electron chi connectivity index (χ0n) is 11.9. The van der Waals surface area contributed by atoms with E-state index < -0.39 is 0 Å². The SMILES string of the molecule is COc1ccc2c(c1OC)CCCCCCCC2O. The third-order valence-corrected chi connectivity index (χ3v) is 3.95. The van der Waals surface area contributed by atoms with Crippen molar-refractivity contribution in [1.82, 2.24) is 0 Å². The van der Waals surface area contributed by atoms with Crippen molar-refractivity contribution >= 4 is 0 Å². The van der Waals surface area contributed by atoms with Gasteiger partial charge in [-0.25, -0.2) is 0 Å². The quantitative estimate of drug-likeness (QED) is 0.886. The van der Waals surface area contributed by atoms with E-state index in [1.807, 2.05) is 12.1 Å². The molecule has 19 heavy (non-hydrogen) atoms. The minimum absolute atomic E-state index is 0.382. The topological polar surface area (TPSA) is 38.7 Å². The second-order valence-electron chi connectivity index (χ2n) is 5.19. The maximum Gasteiger partial charge on any atom is 0.164 e. The summed E-state index contributed by atoms with van der Waals surface area (Å²) >= 11 is 0. The Hall–Kier alpha value is -1.22. The van der Waals surface area contributed by atoms with Crippen LogP contribution in [0.25, 0.3) is 0 Å². The molecule has 0 spiro atoms. The number of hydrogen-bond acceptors (Lipinski definition) is 3. The summed E-state index contributed by atoms with van der Waals surface area (Å²) in [5, 5.41) is 10.4. The lowest BCUT2D eigenvalue weighted by Gasteiger charge is -2.21. The summed E-state index contributed by atoms with van der Waals surface area (Å²) in [5.41, 5.74) is 2.14. The van der Waals surface area contributed by atoms with Crippen LogP contribution < -0.4 is 9.47 Å². The molecule has 0 radical (unpaired) electrons. The predicted octanol–water partition coefficient (Wildman–Crippen LogP) is 3.63. The number of methoxy groups -OCH3 is 2. The molecule has 1 atom stereocenters. The largest absolute Gasteiger partial charge is 0.493 e. The molecule has 3 heteroatoms. The third kappa shape index (κ3) is 3.21. The molecule has 1 aromatic rings. The van der Waals surface area contributed by atoms with Crippen LogP contribution in [-0.2, 0) is 6.42 Å². The van der Waals surface area contributed by atoms with Crippen LogP contribution >= 0.6 is 0 Å². The van der Waals surface area contributed by atoms with Crippen molar-refractivity contribution < 1.29 is 14.6 Å². The van der Waals surface area contributed by atoms with Crippen LogP contribution in [0.2, 0.25) is 0 Å². The van der Waals surface area contributed by atoms with Crippen LogP contribution in [0.15, 0.2) is 12.1 Å². The van der Waals surface area contributed by atoms with E-state index in [0.29, 0.717) is 0 Å². The molecule has 0 aromatic heterocycles. The zero-order chi connectivity index (χ0) is 13.7. The molecule has 0 amide bonds. The van der Waals surface area contributed by atoms with Gasteiger partial charge in [0.25, 0.3) is 0 Å². The van der Waals surface area contributed by atoms with Crippen molar-refractivity contribution in [3.63, 3.8) is 0 Å². The molecule has 1 N–H and O–H groups in total. The first-order valence-corrected chi connectivity index (χ1v) is 7.19. The van der Waals surface area contributed by atoms with Crippen molar-refractivity contribution in [2.24, 2.45) is 0 Å². The maximum atomic E-state index is 10.4. The van der Waals surface area contributed by atoms with E-state index in [2.05, 4.69) is 0 Å². The van der Waals surface area contributed by atoms with E-state index in [9.17, 15) is 5.11 Å². The molecular weight excluding hydrogens is 240 g/mol. The van der Waals surface area contributed by atoms with Crippen LogP contribution in [0.5, 0.6) is 11.5 Å². The average Bonchev–Trinajstić information content (AvgIpc) is 2.44. The van der Waals surface area contributed by atoms with Crippen molar-refractivity contribution in [2.75, 3.05) is 14.2 Å². The van der Waals surface area contributed by atoms with E-state index in [0.717, 1.165) is 48.3 Å². The number of hydrogen-bond donors (Lipinski definition) is 1. The smallest absolute Gasteiger partial charge is 0.164 e. The fraction of sp³-hybridized carbons (Fsp3) is 0.625. The number of aliphatic hydroxyl groups excluding tert-OH is 1. The molecule has 0 saturated heterocycles. The van der Waals surface area contributed by atoms with Crippen molar-refractivity contribution in [3.8, 4) is 11.5 Å². The highest BCUT2D eigenvalue weighted by Gasteiger charge is 2.20. The first-order valence-electron chi connectivity index (χ1n) is 7.19. The monoisotopic (exact) mass is 264 g/mol. The molecule has 0 heterocycles. The van der Waals surface area contributed by atoms with Gasteiger partial charge >= 0.3 is 0 Å². The average molecular weight is 264 g/mol. The molecule has 3 nitrogen and oxygen atoms in total. The number of aliphatic hydroxyl groups is 1. The summed E-state index contributed by atoms with van der Waals surface area (Å²) in [6.07, 6.45) is 7.37. The molecule has 2 rings (SSSR count). The fourth-order valence-electron chi connectivity index (χ4n) is 2.90. The minimum atomic E-state index is -0.382. The Morgan fingerprint density at radius 3 is 2.47 bits per heavy atom. The van der Waals surface area contributed by atoms with Gasteiger partial charge in [0.05, 0.1) is 20.3 Å². The second kappa shape index (κ2) is 6.80. The van der Waals surface area contributed by atoms with Crippen molar-refractivity contribution in [1.29, 1.82) is 0 Å². The first kappa shape index (κ1) is 14.2. The molecule has 1 aromatic carbocycles. The minimum Gasteiger partial charge on any atom is -0.493 e. The van der Waals surface area contributed by atoms with Crippen LogP contribution in [0.1, 0.15) is 55.8 Å². The summed E-state index contributed by atoms with van der Waals surface area (Å²) < 4.78 is 10.9. The van der Waals surface area contributed by atoms with Crippen LogP contribution in [0, 0.1) is 0 Å². The van der Waals surface area contributed by atoms with Crippen LogP contribution in [0.3, 0.4) is 0 Å². The molecule has 1 aliphatic rings. The fourth-order valence-corrected chi connectivity index (χ4v) is 2.90. The van der Waals surface area contributed by atoms with Gasteiger partial charge in [0.1, 0.15) is 0 Å². The normalized spacial score (nSPS) is 20.5. The highest BCUT2D eigenvalue weighted by atomic mass is 16.5. The van der Waals surface area contributed by atoms with E-state index in [1.54, 1.807) is 14.2 Å². The number of rotatable bonds is 2. The standard InChI is InChI=1S/C16H24O3/c1-18-15-11-10-12-13(16(15)19-2)8-6-4-3-5-7-9-14(12)17/h10-11,14,17H,3-9H2,1-2H3. The van der Waals surface area contributed by atoms with Gasteiger partial charge in [-0.15, -0.1) is 0 Å². The van der Waals surface area contributed by atoms with Gasteiger partial charge in [-0.2, -0.15) is 0 Å². The van der Waals surface area contributed by atoms with E-state index in [1.165, 1.54) is 19.3 Å². The Morgan fingerprint density at radius 2 is 1.74 bits per heavy atom. The highest BCUT2D eigenvalue weighted by molar-refractivity contribution is 5.51. The highest BCUT2D eigenvalue weighted by Crippen LogP contribution is 2.38. The van der Waals surface area contributed by atoms with Gasteiger partial charge in [-0.05, 0) is 30.9 Å². The van der Waals surface area contributed by atoms with Gasteiger partial charge in [0.2, 0.25) is 0 Å². The summed E-state index contributed by atoms with van der Waals surface area (Å²) in [5.74, 6) is 1.55. The number of fused-ring (bicyclic) bond motifs is 1. The molecule has 0 saturated carbocycles. The van der Waals surface area contributed by atoms with Crippen LogP contribution in [-0.4, -0.2) is 19.3 Å². The van der Waals surface area contributed by atoms with Crippen molar-refractivity contribution in [2.45, 2.75) is 51.0 Å². The summed E-state index contributed by atoms with van der Waals surface area (Å²) in [6.45, 7) is 0. The third-order valence-electron chi connectivity index (χ3n) is 3.95. The Balaban J connectivity index is 2.41. The molecule has 0 fully saturated rings. The molecule has 1 aliphatic carbocycles. The van der Waals surface area contributed by atoms with Crippen LogP contribution in [0.4, 0.5) is 0 Å². The van der Waals surface area contributed by atoms with Gasteiger partial charge < -0.3 is 14.6 Å². The Kier molecular flexibility index (Phi) is 5.08. The van der Waals surface area contributed by atoms with Gasteiger partial charge in [-0.3, -0.25) is 0 Å². The molecule has 106 valence electrons. The van der Waals surface area contributed by atoms with Crippen molar-refractivity contribution in [3.05, 3.63) is 23.3 Å².